The van der Waals surface area contributed by atoms with Gasteiger partial charge in [-0.1, -0.05) is 24.3 Å². The van der Waals surface area contributed by atoms with Gasteiger partial charge in [-0.3, -0.25) is 9.80 Å². The number of benzene rings is 3. The molecule has 2 fully saturated rings. The van der Waals surface area contributed by atoms with Crippen LogP contribution in [0.15, 0.2) is 54.9 Å². The van der Waals surface area contributed by atoms with Gasteiger partial charge in [0, 0.05) is 29.6 Å². The van der Waals surface area contributed by atoms with E-state index in [4.69, 9.17) is 9.47 Å². The van der Waals surface area contributed by atoms with E-state index in [1.54, 1.807) is 22.2 Å². The fraction of sp³-hybridized carbons (Fsp3) is 0.410. The maximum absolute atomic E-state index is 12.9. The van der Waals surface area contributed by atoms with Crippen LogP contribution in [0, 0.1) is 11.3 Å². The molecule has 1 unspecified atom stereocenters. The number of hydrogen-bond donors (Lipinski definition) is 2. The van der Waals surface area contributed by atoms with Crippen molar-refractivity contribution in [1.82, 2.24) is 29.7 Å². The quantitative estimate of drug-likeness (QED) is 0.182. The Labute approximate surface area is 291 Å². The summed E-state index contributed by atoms with van der Waals surface area (Å²) in [6, 6.07) is 16.3. The Bertz CT molecular complexity index is 2150. The number of nitrogens with zero attached hydrogens (tertiary/aromatic N) is 5. The highest BCUT2D eigenvalue weighted by molar-refractivity contribution is 6.11. The molecular weight excluding hydrogens is 630 g/mol. The summed E-state index contributed by atoms with van der Waals surface area (Å²) in [6.07, 6.45) is 6.33. The molecule has 7 rings (SSSR count). The summed E-state index contributed by atoms with van der Waals surface area (Å²) in [6.45, 7) is 12.5. The molecule has 2 atom stereocenters. The van der Waals surface area contributed by atoms with Crippen molar-refractivity contribution in [2.75, 3.05) is 13.1 Å². The van der Waals surface area contributed by atoms with Gasteiger partial charge in [-0.2, -0.15) is 5.26 Å². The summed E-state index contributed by atoms with van der Waals surface area (Å²) in [7, 11) is 0. The highest BCUT2D eigenvalue weighted by Gasteiger charge is 2.36. The van der Waals surface area contributed by atoms with Crippen molar-refractivity contribution in [3.63, 3.8) is 0 Å². The minimum absolute atomic E-state index is 0.171. The van der Waals surface area contributed by atoms with Crippen LogP contribution in [-0.2, 0) is 9.47 Å². The highest BCUT2D eigenvalue weighted by Crippen LogP contribution is 2.37. The summed E-state index contributed by atoms with van der Waals surface area (Å²) < 4.78 is 11.3. The van der Waals surface area contributed by atoms with Crippen LogP contribution in [0.4, 0.5) is 9.59 Å². The topological polar surface area (TPSA) is 140 Å². The normalized spacial score (nSPS) is 18.2. The molecule has 2 aliphatic heterocycles. The average molecular weight is 674 g/mol. The van der Waals surface area contributed by atoms with E-state index in [2.05, 4.69) is 50.3 Å². The predicted octanol–water partition coefficient (Wildman–Crippen LogP) is 8.79. The molecule has 0 spiro atoms. The fourth-order valence-corrected chi connectivity index (χ4v) is 7.08. The second kappa shape index (κ2) is 12.5. The van der Waals surface area contributed by atoms with Crippen LogP contribution in [0.3, 0.4) is 0 Å². The lowest BCUT2D eigenvalue weighted by Crippen LogP contribution is -2.36. The molecule has 5 aromatic rings. The lowest BCUT2D eigenvalue weighted by molar-refractivity contribution is 0.0208. The number of nitriles is 1. The number of rotatable bonds is 4. The highest BCUT2D eigenvalue weighted by atomic mass is 16.6. The van der Waals surface area contributed by atoms with Crippen LogP contribution in [0.1, 0.15) is 96.5 Å². The van der Waals surface area contributed by atoms with Crippen molar-refractivity contribution in [3.8, 4) is 28.6 Å². The number of carbonyl (C=O) groups excluding carboxylic acids is 2. The van der Waals surface area contributed by atoms with E-state index in [9.17, 15) is 14.9 Å². The molecule has 50 heavy (non-hydrogen) atoms. The van der Waals surface area contributed by atoms with E-state index < -0.39 is 11.2 Å². The van der Waals surface area contributed by atoms with E-state index in [1.807, 2.05) is 59.7 Å². The van der Waals surface area contributed by atoms with Gasteiger partial charge in [0.1, 0.15) is 22.9 Å². The second-order valence-corrected chi connectivity index (χ2v) is 15.3. The zero-order valence-electron chi connectivity index (χ0n) is 29.5. The molecule has 0 aliphatic carbocycles. The number of carbonyl (C=O) groups is 2. The van der Waals surface area contributed by atoms with Crippen LogP contribution >= 0.6 is 0 Å². The van der Waals surface area contributed by atoms with Gasteiger partial charge in [0.15, 0.2) is 0 Å². The zero-order valence-corrected chi connectivity index (χ0v) is 29.5. The third-order valence-electron chi connectivity index (χ3n) is 9.28. The van der Waals surface area contributed by atoms with Crippen LogP contribution in [-0.4, -0.2) is 66.2 Å². The minimum atomic E-state index is -0.571. The van der Waals surface area contributed by atoms with Gasteiger partial charge >= 0.3 is 12.2 Å². The molecular formula is C39H43N7O4. The van der Waals surface area contributed by atoms with Crippen molar-refractivity contribution in [1.29, 1.82) is 5.26 Å². The summed E-state index contributed by atoms with van der Waals surface area (Å²) in [5.74, 6) is 1.46. The van der Waals surface area contributed by atoms with Crippen molar-refractivity contribution in [2.24, 2.45) is 0 Å². The van der Waals surface area contributed by atoms with Gasteiger partial charge in [-0.05, 0) is 102 Å². The second-order valence-electron chi connectivity index (χ2n) is 15.3. The van der Waals surface area contributed by atoms with Gasteiger partial charge in [-0.15, -0.1) is 0 Å². The first kappa shape index (κ1) is 33.1. The van der Waals surface area contributed by atoms with E-state index >= 15 is 0 Å². The SMILES string of the molecule is CC(C)(C)OC(=O)N1CCCC1c1ncc(-c2ccc3c(c2)cc(C#N)c2cc(-c4cnc([C@@H]5CCCN5C(=O)OC(C)(C)C)[nH]4)ccc23)[nH]1. The molecule has 0 saturated carbocycles. The number of aromatic nitrogens is 4. The van der Waals surface area contributed by atoms with Crippen LogP contribution in [0.5, 0.6) is 0 Å². The maximum atomic E-state index is 12.9. The average Bonchev–Trinajstić information content (AvgIpc) is 3.87. The van der Waals surface area contributed by atoms with Crippen molar-refractivity contribution in [3.05, 3.63) is 72.1 Å². The zero-order chi connectivity index (χ0) is 35.4. The van der Waals surface area contributed by atoms with Crippen LogP contribution in [0.25, 0.3) is 44.1 Å². The number of amides is 2. The van der Waals surface area contributed by atoms with E-state index in [0.717, 1.165) is 81.4 Å². The molecule has 11 nitrogen and oxygen atoms in total. The molecule has 4 heterocycles. The van der Waals surface area contributed by atoms with Gasteiger partial charge in [-0.25, -0.2) is 19.6 Å². The first-order valence-corrected chi connectivity index (χ1v) is 17.3. The standard InChI is InChI=1S/C39H43N7O4/c1-38(2,3)49-36(47)45-15-7-9-32(45)34-41-21-30(43-34)23-11-13-27-25(17-23)18-26(20-40)29-19-24(12-14-28(27)29)31-22-42-35(44-31)33-10-8-16-46(33)37(48)50-39(4,5)6/h11-14,17-19,21-22,32-33H,7-10,15-16H2,1-6H3,(H,41,43)(H,42,44)/t32?,33-/m0/s1. The van der Waals surface area contributed by atoms with Crippen molar-refractivity contribution in [2.45, 2.75) is 90.5 Å². The lowest BCUT2D eigenvalue weighted by Gasteiger charge is -2.27. The van der Waals surface area contributed by atoms with E-state index in [-0.39, 0.29) is 24.3 Å². The molecule has 11 heteroatoms. The molecule has 0 radical (unpaired) electrons. The number of aromatic amines is 2. The Balaban J connectivity index is 1.15. The minimum Gasteiger partial charge on any atom is -0.444 e. The van der Waals surface area contributed by atoms with E-state index in [1.165, 1.54) is 0 Å². The van der Waals surface area contributed by atoms with E-state index in [0.29, 0.717) is 18.7 Å². The molecule has 2 amide bonds. The molecule has 3 aromatic carbocycles. The summed E-state index contributed by atoms with van der Waals surface area (Å²) in [4.78, 5) is 45.5. The molecule has 2 aliphatic rings. The Kier molecular flexibility index (Phi) is 8.29. The third kappa shape index (κ3) is 6.50. The first-order chi connectivity index (χ1) is 23.8. The number of ether oxygens (including phenoxy) is 2. The monoisotopic (exact) mass is 673 g/mol. The Morgan fingerprint density at radius 3 is 1.74 bits per heavy atom. The number of H-pyrrole nitrogens is 2. The smallest absolute Gasteiger partial charge is 0.410 e. The predicted molar refractivity (Wildman–Crippen MR) is 191 cm³/mol. The first-order valence-electron chi connectivity index (χ1n) is 17.3. The fourth-order valence-electron chi connectivity index (χ4n) is 7.08. The number of hydrogen-bond acceptors (Lipinski definition) is 7. The Morgan fingerprint density at radius 1 is 0.740 bits per heavy atom. The summed E-state index contributed by atoms with van der Waals surface area (Å²) in [5, 5.41) is 14.0. The van der Waals surface area contributed by atoms with Gasteiger partial charge in [0.2, 0.25) is 0 Å². The Hall–Kier alpha value is -5.37. The number of likely N-dealkylation sites (tertiary alicyclic amines) is 2. The summed E-state index contributed by atoms with van der Waals surface area (Å²) in [5.41, 5.74) is 2.94. The lowest BCUT2D eigenvalue weighted by atomic mass is 9.94. The number of fused-ring (bicyclic) bond motifs is 3. The number of imidazole rings is 2. The molecule has 2 aromatic heterocycles. The van der Waals surface area contributed by atoms with Gasteiger partial charge in [0.05, 0.1) is 47.5 Å². The van der Waals surface area contributed by atoms with Crippen molar-refractivity contribution >= 4 is 33.7 Å². The largest absolute Gasteiger partial charge is 0.444 e. The third-order valence-corrected chi connectivity index (χ3v) is 9.28. The number of nitrogens with one attached hydrogen (secondary N) is 2. The molecule has 258 valence electrons. The Morgan fingerprint density at radius 2 is 1.24 bits per heavy atom. The molecule has 2 saturated heterocycles. The van der Waals surface area contributed by atoms with Crippen LogP contribution in [0.2, 0.25) is 0 Å². The van der Waals surface area contributed by atoms with Gasteiger partial charge < -0.3 is 19.4 Å². The molecule has 0 bridgehead atoms. The maximum Gasteiger partial charge on any atom is 0.410 e. The van der Waals surface area contributed by atoms with Crippen LogP contribution < -0.4 is 0 Å². The summed E-state index contributed by atoms with van der Waals surface area (Å²) >= 11 is 0. The van der Waals surface area contributed by atoms with Gasteiger partial charge in [0.25, 0.3) is 0 Å². The molecule has 2 N–H and O–H groups in total. The van der Waals surface area contributed by atoms with Crippen molar-refractivity contribution < 1.29 is 19.1 Å².